The van der Waals surface area contributed by atoms with Gasteiger partial charge < -0.3 is 51.6 Å². The highest BCUT2D eigenvalue weighted by Gasteiger charge is 2.22. The first-order valence-electron chi connectivity index (χ1n) is 29.5. The summed E-state index contributed by atoms with van der Waals surface area (Å²) in [6, 6.07) is 8.59. The van der Waals surface area contributed by atoms with Gasteiger partial charge in [0.05, 0.1) is 63.3 Å². The molecular weight excluding hydrogens is 1170 g/mol. The third kappa shape index (κ3) is 18.3. The number of aromatic nitrogens is 20. The molecule has 18 N–H and O–H groups in total. The monoisotopic (exact) mass is 1260 g/mol. The average molecular weight is 1260 g/mol. The molecule has 0 saturated carbocycles. The largest absolute Gasteiger partial charge is 0.397 e. The molecule has 486 valence electrons. The smallest absolute Gasteiger partial charge is 0.224 e. The second kappa shape index (κ2) is 26.8. The van der Waals surface area contributed by atoms with Crippen LogP contribution >= 0.6 is 0 Å². The molecule has 0 spiro atoms. The summed E-state index contributed by atoms with van der Waals surface area (Å²) in [7, 11) is 0. The summed E-state index contributed by atoms with van der Waals surface area (Å²) >= 11 is 0. The van der Waals surface area contributed by atoms with Gasteiger partial charge in [-0.3, -0.25) is 9.97 Å². The minimum atomic E-state index is -0.0876. The van der Waals surface area contributed by atoms with Crippen LogP contribution in [0.25, 0.3) is 66.7 Å². The number of fused-ring (bicyclic) bond motifs is 6. The Morgan fingerprint density at radius 3 is 1.15 bits per heavy atom. The van der Waals surface area contributed by atoms with Crippen LogP contribution in [-0.2, 0) is 32.5 Å². The molecule has 0 unspecified atom stereocenters. The van der Waals surface area contributed by atoms with E-state index in [0.29, 0.717) is 84.9 Å². The Balaban J connectivity index is 0.000000158. The van der Waals surface area contributed by atoms with Crippen LogP contribution in [0.3, 0.4) is 0 Å². The van der Waals surface area contributed by atoms with Gasteiger partial charge in [0.2, 0.25) is 11.9 Å². The van der Waals surface area contributed by atoms with Crippen LogP contribution in [0.15, 0.2) is 79.9 Å². The molecule has 12 aromatic rings. The van der Waals surface area contributed by atoms with Crippen molar-refractivity contribution in [3.8, 4) is 0 Å². The molecule has 93 heavy (non-hydrogen) atoms. The lowest BCUT2D eigenvalue weighted by Gasteiger charge is -2.17. The van der Waals surface area contributed by atoms with Crippen molar-refractivity contribution >= 4 is 119 Å². The SMILES string of the molecule is CC(C)(C)c1cnc2c(N)cc(N)nc2n1.CC(C)(C)c1cnc2c(N)nc(N)cc2n1.CC(C)(C)c1cnc2c(N)nc(N)nc2n1.CC(C)(C)c1cnc2ccc(N)nc2n1.CC(C)(C)c1cnc2cnc(N)cc2n1.CC(C)(C)c1cnc2cnc(N)nc2n1. The molecule has 0 aliphatic carbocycles. The Hall–Kier alpha value is -11.0. The fourth-order valence-electron chi connectivity index (χ4n) is 7.90. The van der Waals surface area contributed by atoms with Crippen LogP contribution in [-0.4, -0.2) is 99.7 Å². The molecule has 29 nitrogen and oxygen atoms in total. The van der Waals surface area contributed by atoms with Crippen LogP contribution in [0.5, 0.6) is 0 Å². The maximum absolute atomic E-state index is 5.79. The van der Waals surface area contributed by atoms with Gasteiger partial charge in [-0.15, -0.1) is 0 Å². The van der Waals surface area contributed by atoms with E-state index in [9.17, 15) is 0 Å². The van der Waals surface area contributed by atoms with Crippen LogP contribution in [0.4, 0.5) is 52.5 Å². The molecule has 0 radical (unpaired) electrons. The Bertz CT molecular complexity index is 4180. The molecule has 0 saturated heterocycles. The summed E-state index contributed by atoms with van der Waals surface area (Å²) in [4.78, 5) is 84.3. The Morgan fingerprint density at radius 1 is 0.237 bits per heavy atom. The number of pyridine rings is 4. The highest BCUT2D eigenvalue weighted by molar-refractivity contribution is 5.87. The third-order valence-corrected chi connectivity index (χ3v) is 13.4. The van der Waals surface area contributed by atoms with Crippen LogP contribution in [0.2, 0.25) is 0 Å². The van der Waals surface area contributed by atoms with Gasteiger partial charge in [0, 0.05) is 87.9 Å². The lowest BCUT2D eigenvalue weighted by Crippen LogP contribution is -2.15. The predicted molar refractivity (Wildman–Crippen MR) is 371 cm³/mol. The lowest BCUT2D eigenvalue weighted by atomic mass is 9.92. The first kappa shape index (κ1) is 69.5. The summed E-state index contributed by atoms with van der Waals surface area (Å²) in [6.07, 6.45) is 13.7. The van der Waals surface area contributed by atoms with Crippen LogP contribution in [0.1, 0.15) is 159 Å². The number of nitrogens with two attached hydrogens (primary N) is 9. The zero-order chi connectivity index (χ0) is 68.9. The second-order valence-electron chi connectivity index (χ2n) is 27.9. The van der Waals surface area contributed by atoms with E-state index in [1.807, 2.05) is 6.07 Å². The van der Waals surface area contributed by atoms with E-state index in [2.05, 4.69) is 224 Å². The molecule has 0 aromatic carbocycles. The zero-order valence-corrected chi connectivity index (χ0v) is 56.1. The number of anilines is 9. The van der Waals surface area contributed by atoms with Crippen molar-refractivity contribution in [2.24, 2.45) is 0 Å². The first-order valence-corrected chi connectivity index (χ1v) is 29.5. The fraction of sp³-hybridized carbons (Fsp3) is 0.375. The molecule has 29 heteroatoms. The van der Waals surface area contributed by atoms with E-state index in [1.54, 1.807) is 73.8 Å². The number of nitrogens with zero attached hydrogens (tertiary/aromatic N) is 20. The van der Waals surface area contributed by atoms with Gasteiger partial charge in [0.15, 0.2) is 34.2 Å². The summed E-state index contributed by atoms with van der Waals surface area (Å²) in [5.74, 6) is 2.60. The number of hydrogen-bond acceptors (Lipinski definition) is 29. The van der Waals surface area contributed by atoms with Crippen molar-refractivity contribution in [2.75, 3.05) is 51.6 Å². The van der Waals surface area contributed by atoms with Crippen LogP contribution in [0, 0.1) is 0 Å². The van der Waals surface area contributed by atoms with Crippen molar-refractivity contribution in [3.05, 3.63) is 114 Å². The maximum Gasteiger partial charge on any atom is 0.224 e. The van der Waals surface area contributed by atoms with E-state index in [0.717, 1.165) is 50.7 Å². The molecular formula is C64H85N29. The van der Waals surface area contributed by atoms with Crippen molar-refractivity contribution < 1.29 is 0 Å². The number of hydrogen-bond donors (Lipinski definition) is 9. The lowest BCUT2D eigenvalue weighted by molar-refractivity contribution is 0.568. The Morgan fingerprint density at radius 2 is 0.613 bits per heavy atom. The van der Waals surface area contributed by atoms with Crippen molar-refractivity contribution in [3.63, 3.8) is 0 Å². The predicted octanol–water partition coefficient (Wildman–Crippen LogP) is 8.96. The third-order valence-electron chi connectivity index (χ3n) is 13.4. The van der Waals surface area contributed by atoms with Gasteiger partial charge in [0.25, 0.3) is 0 Å². The van der Waals surface area contributed by atoms with Gasteiger partial charge in [-0.25, -0.2) is 74.8 Å². The maximum atomic E-state index is 5.79. The van der Waals surface area contributed by atoms with Crippen molar-refractivity contribution in [1.29, 1.82) is 0 Å². The van der Waals surface area contributed by atoms with Crippen molar-refractivity contribution in [2.45, 2.75) is 157 Å². The summed E-state index contributed by atoms with van der Waals surface area (Å²) < 4.78 is 0. The summed E-state index contributed by atoms with van der Waals surface area (Å²) in [5, 5.41) is 0. The van der Waals surface area contributed by atoms with E-state index in [-0.39, 0.29) is 50.2 Å². The van der Waals surface area contributed by atoms with E-state index >= 15 is 0 Å². The van der Waals surface area contributed by atoms with Crippen LogP contribution < -0.4 is 51.6 Å². The molecule has 0 atom stereocenters. The highest BCUT2D eigenvalue weighted by Crippen LogP contribution is 2.28. The zero-order valence-electron chi connectivity index (χ0n) is 56.1. The minimum absolute atomic E-state index is 0.000772. The normalized spacial score (nSPS) is 11.9. The molecule has 0 bridgehead atoms. The Labute approximate surface area is 539 Å². The highest BCUT2D eigenvalue weighted by atomic mass is 15.1. The molecule has 0 aliphatic rings. The molecule has 12 rings (SSSR count). The quantitative estimate of drug-likeness (QED) is 0.0683. The number of nitrogen functional groups attached to an aromatic ring is 9. The molecule has 12 aromatic heterocycles. The fourth-order valence-corrected chi connectivity index (χ4v) is 7.90. The molecule has 0 amide bonds. The second-order valence-corrected chi connectivity index (χ2v) is 27.9. The number of rotatable bonds is 0. The van der Waals surface area contributed by atoms with Gasteiger partial charge in [0.1, 0.15) is 56.4 Å². The Kier molecular flexibility index (Phi) is 20.0. The molecule has 0 fully saturated rings. The van der Waals surface area contributed by atoms with Gasteiger partial charge in [-0.2, -0.15) is 15.0 Å². The first-order chi connectivity index (χ1) is 43.0. The summed E-state index contributed by atoms with van der Waals surface area (Å²) in [6.45, 7) is 37.4. The van der Waals surface area contributed by atoms with E-state index < -0.39 is 0 Å². The van der Waals surface area contributed by atoms with E-state index in [1.165, 1.54) is 0 Å². The summed E-state index contributed by atoms with van der Waals surface area (Å²) in [5.41, 5.74) is 63.8. The van der Waals surface area contributed by atoms with Gasteiger partial charge in [-0.1, -0.05) is 125 Å². The van der Waals surface area contributed by atoms with Crippen molar-refractivity contribution in [1.82, 2.24) is 99.7 Å². The minimum Gasteiger partial charge on any atom is -0.397 e. The van der Waals surface area contributed by atoms with Gasteiger partial charge in [-0.05, 0) is 12.1 Å². The topological polar surface area (TPSA) is 492 Å². The average Bonchev–Trinajstić information content (AvgIpc) is 0.869. The standard InChI is InChI=1S/2C11H15N5.2C11H14N4.C10H14N6.C10H13N5/c1-11(2,3)7-5-14-9-6(15-7)4-8(12)16-10(9)13;1-11(2,3)7-5-14-9-6(12)4-8(13)16-10(9)15-7;1-11(2,3)9-6-13-8-5-14-10(12)4-7(8)15-9;1-11(2,3)8-6-13-7-4-5-9(12)15-10(7)14-8;1-10(2,3)5-4-13-6-7(11)15-9(12)16-8(6)14-5;1-10(2,3)7-5-12-6-4-13-9(11)15-8(6)14-7/h4-5H,1-3H3,(H4,12,13,16);4-5H,1-3H3,(H4,12,13,15,16);4-6H,1-3H3,(H2,12,14);4-6H,1-3H3,(H2,12,14,15);4H,1-3H3,(H4,11,12,14,15,16);4-5H,1-3H3,(H2,11,13,14,15). The van der Waals surface area contributed by atoms with E-state index in [4.69, 9.17) is 51.6 Å². The molecule has 0 aliphatic heterocycles. The molecule has 12 heterocycles. The van der Waals surface area contributed by atoms with Gasteiger partial charge >= 0.3 is 0 Å².